The summed E-state index contributed by atoms with van der Waals surface area (Å²) in [5, 5.41) is 10.9. The van der Waals surface area contributed by atoms with Crippen molar-refractivity contribution in [3.8, 4) is 11.8 Å². The van der Waals surface area contributed by atoms with Gasteiger partial charge in [0.25, 0.3) is 11.2 Å². The number of aromatic nitrogens is 4. The number of aryl methyl sites for hydroxylation is 1. The van der Waals surface area contributed by atoms with Gasteiger partial charge in [0.1, 0.15) is 30.8 Å². The zero-order valence-corrected chi connectivity index (χ0v) is 16.9. The van der Waals surface area contributed by atoms with Crippen LogP contribution in [0.3, 0.4) is 0 Å². The van der Waals surface area contributed by atoms with E-state index in [0.29, 0.717) is 11.3 Å². The summed E-state index contributed by atoms with van der Waals surface area (Å²) in [6.45, 7) is 1.62. The first-order valence-corrected chi connectivity index (χ1v) is 9.69. The number of non-ortho nitro benzene ring substituents is 1. The Hall–Kier alpha value is -4.06. The normalized spacial score (nSPS) is 20.1. The van der Waals surface area contributed by atoms with E-state index in [1.54, 1.807) is 13.0 Å². The number of aromatic amines is 1. The minimum atomic E-state index is -0.716. The van der Waals surface area contributed by atoms with Crippen LogP contribution in [0.25, 0.3) is 0 Å². The smallest absolute Gasteiger partial charge is 0.330 e. The number of nitrogens with zero attached hydrogens (tertiary/aromatic N) is 4. The molecule has 0 saturated carbocycles. The molecule has 0 aliphatic carbocycles. The van der Waals surface area contributed by atoms with E-state index < -0.39 is 34.6 Å². The SMILES string of the molecule is Cc1cn([C@H]2C[C@H](Oc3ccc([N+](=O)[O-])cc3)[C@@H](COc3ncccn3)O2)c(=O)[nH]c1=O. The summed E-state index contributed by atoms with van der Waals surface area (Å²) in [4.78, 5) is 44.6. The number of hydrogen-bond donors (Lipinski definition) is 1. The van der Waals surface area contributed by atoms with Crippen LogP contribution in [0.1, 0.15) is 18.2 Å². The second-order valence-electron chi connectivity index (χ2n) is 7.09. The highest BCUT2D eigenvalue weighted by molar-refractivity contribution is 5.36. The number of benzene rings is 1. The predicted octanol–water partition coefficient (Wildman–Crippen LogP) is 1.36. The molecule has 2 aromatic heterocycles. The number of nitrogens with one attached hydrogen (secondary N) is 1. The molecule has 3 atom stereocenters. The molecule has 166 valence electrons. The Morgan fingerprint density at radius 2 is 1.97 bits per heavy atom. The van der Waals surface area contributed by atoms with Gasteiger partial charge in [-0.1, -0.05) is 0 Å². The third-order valence-corrected chi connectivity index (χ3v) is 4.89. The molecule has 1 saturated heterocycles. The molecule has 3 aromatic rings. The van der Waals surface area contributed by atoms with Gasteiger partial charge in [-0.05, 0) is 25.1 Å². The fourth-order valence-corrected chi connectivity index (χ4v) is 3.28. The molecule has 1 aromatic carbocycles. The van der Waals surface area contributed by atoms with Crippen molar-refractivity contribution in [2.45, 2.75) is 31.8 Å². The van der Waals surface area contributed by atoms with Crippen LogP contribution in [0, 0.1) is 17.0 Å². The molecule has 0 bridgehead atoms. The number of hydrogen-bond acceptors (Lipinski definition) is 9. The summed E-state index contributed by atoms with van der Waals surface area (Å²) < 4.78 is 18.9. The summed E-state index contributed by atoms with van der Waals surface area (Å²) in [6, 6.07) is 7.45. The van der Waals surface area contributed by atoms with Crippen LogP contribution < -0.4 is 20.7 Å². The number of H-pyrrole nitrogens is 1. The lowest BCUT2D eigenvalue weighted by Gasteiger charge is -2.19. The molecule has 3 heterocycles. The summed E-state index contributed by atoms with van der Waals surface area (Å²) in [5.74, 6) is 0.399. The lowest BCUT2D eigenvalue weighted by atomic mass is 10.1. The van der Waals surface area contributed by atoms with E-state index in [2.05, 4.69) is 15.0 Å². The topological polar surface area (TPSA) is 151 Å². The quantitative estimate of drug-likeness (QED) is 0.423. The third kappa shape index (κ3) is 4.64. The summed E-state index contributed by atoms with van der Waals surface area (Å²) in [7, 11) is 0. The Labute approximate surface area is 180 Å². The minimum Gasteiger partial charge on any atom is -0.487 e. The molecule has 1 aliphatic rings. The summed E-state index contributed by atoms with van der Waals surface area (Å²) in [5.41, 5.74) is -0.774. The van der Waals surface area contributed by atoms with Crippen molar-refractivity contribution in [3.63, 3.8) is 0 Å². The number of rotatable bonds is 7. The van der Waals surface area contributed by atoms with Gasteiger partial charge < -0.3 is 14.2 Å². The molecule has 32 heavy (non-hydrogen) atoms. The highest BCUT2D eigenvalue weighted by Crippen LogP contribution is 2.32. The zero-order chi connectivity index (χ0) is 22.7. The molecule has 0 radical (unpaired) electrons. The first kappa shape index (κ1) is 21.2. The van der Waals surface area contributed by atoms with Gasteiger partial charge in [0, 0.05) is 42.7 Å². The Balaban J connectivity index is 1.55. The molecule has 12 nitrogen and oxygen atoms in total. The molecular weight excluding hydrogens is 422 g/mol. The van der Waals surface area contributed by atoms with Crippen LogP contribution >= 0.6 is 0 Å². The van der Waals surface area contributed by atoms with Crippen molar-refractivity contribution in [2.75, 3.05) is 6.61 Å². The van der Waals surface area contributed by atoms with E-state index in [1.165, 1.54) is 47.4 Å². The largest absolute Gasteiger partial charge is 0.487 e. The highest BCUT2D eigenvalue weighted by atomic mass is 16.6. The van der Waals surface area contributed by atoms with Crippen LogP contribution in [-0.2, 0) is 4.74 Å². The van der Waals surface area contributed by atoms with Gasteiger partial charge in [-0.3, -0.25) is 24.5 Å². The molecule has 4 rings (SSSR count). The van der Waals surface area contributed by atoms with Crippen molar-refractivity contribution < 1.29 is 19.1 Å². The molecule has 1 N–H and O–H groups in total. The second-order valence-corrected chi connectivity index (χ2v) is 7.09. The maximum Gasteiger partial charge on any atom is 0.330 e. The predicted molar refractivity (Wildman–Crippen MR) is 110 cm³/mol. The van der Waals surface area contributed by atoms with Crippen LogP contribution in [0.4, 0.5) is 5.69 Å². The average Bonchev–Trinajstić information content (AvgIpc) is 3.18. The van der Waals surface area contributed by atoms with E-state index in [9.17, 15) is 19.7 Å². The van der Waals surface area contributed by atoms with Crippen molar-refractivity contribution in [3.05, 3.63) is 85.4 Å². The van der Waals surface area contributed by atoms with E-state index in [0.717, 1.165) is 0 Å². The zero-order valence-electron chi connectivity index (χ0n) is 16.9. The molecule has 1 aliphatic heterocycles. The van der Waals surface area contributed by atoms with Gasteiger partial charge in [-0.25, -0.2) is 14.8 Å². The van der Waals surface area contributed by atoms with Gasteiger partial charge in [0.15, 0.2) is 0 Å². The lowest BCUT2D eigenvalue weighted by molar-refractivity contribution is -0.384. The molecule has 1 fully saturated rings. The van der Waals surface area contributed by atoms with Gasteiger partial charge in [-0.15, -0.1) is 0 Å². The Bertz CT molecular complexity index is 1210. The van der Waals surface area contributed by atoms with Crippen LogP contribution in [0.5, 0.6) is 11.8 Å². The molecule has 0 amide bonds. The summed E-state index contributed by atoms with van der Waals surface area (Å²) in [6.07, 6.45) is 2.89. The molecular formula is C20H19N5O7. The summed E-state index contributed by atoms with van der Waals surface area (Å²) >= 11 is 0. The first-order chi connectivity index (χ1) is 15.4. The Morgan fingerprint density at radius 1 is 1.25 bits per heavy atom. The number of ether oxygens (including phenoxy) is 3. The highest BCUT2D eigenvalue weighted by Gasteiger charge is 2.39. The van der Waals surface area contributed by atoms with Gasteiger partial charge >= 0.3 is 11.7 Å². The van der Waals surface area contributed by atoms with Crippen LogP contribution in [0.15, 0.2) is 58.5 Å². The maximum atomic E-state index is 12.3. The maximum absolute atomic E-state index is 12.3. The van der Waals surface area contributed by atoms with Gasteiger partial charge in [0.05, 0.1) is 4.92 Å². The van der Waals surface area contributed by atoms with Crippen molar-refractivity contribution in [1.29, 1.82) is 0 Å². The van der Waals surface area contributed by atoms with Crippen LogP contribution in [0.2, 0.25) is 0 Å². The monoisotopic (exact) mass is 441 g/mol. The van der Waals surface area contributed by atoms with Crippen molar-refractivity contribution in [1.82, 2.24) is 19.5 Å². The van der Waals surface area contributed by atoms with Crippen molar-refractivity contribution >= 4 is 5.69 Å². The lowest BCUT2D eigenvalue weighted by Crippen LogP contribution is -2.34. The van der Waals surface area contributed by atoms with Gasteiger partial charge in [0.2, 0.25) is 0 Å². The van der Waals surface area contributed by atoms with E-state index in [4.69, 9.17) is 14.2 Å². The van der Waals surface area contributed by atoms with Gasteiger partial charge in [-0.2, -0.15) is 0 Å². The number of nitro benzene ring substituents is 1. The molecule has 0 spiro atoms. The Morgan fingerprint density at radius 3 is 2.66 bits per heavy atom. The number of nitro groups is 1. The molecule has 0 unspecified atom stereocenters. The van der Waals surface area contributed by atoms with E-state index in [1.807, 2.05) is 0 Å². The van der Waals surface area contributed by atoms with E-state index >= 15 is 0 Å². The fourth-order valence-electron chi connectivity index (χ4n) is 3.28. The standard InChI is InChI=1S/C20H19N5O7/c1-12-10-24(20(27)23-18(12)26)17-9-15(31-14-5-3-13(4-6-14)25(28)29)16(32-17)11-30-19-21-7-2-8-22-19/h2-8,10,15-17H,9,11H2,1H3,(H,23,26,27)/t15-,16+,17+/m0/s1. The van der Waals surface area contributed by atoms with Crippen LogP contribution in [-0.4, -0.2) is 43.3 Å². The average molecular weight is 441 g/mol. The first-order valence-electron chi connectivity index (χ1n) is 9.69. The molecule has 12 heteroatoms. The Kier molecular flexibility index (Phi) is 5.94. The minimum absolute atomic E-state index is 0.0370. The third-order valence-electron chi connectivity index (χ3n) is 4.89. The van der Waals surface area contributed by atoms with Crippen molar-refractivity contribution in [2.24, 2.45) is 0 Å². The fraction of sp³-hybridized carbons (Fsp3) is 0.300. The van der Waals surface area contributed by atoms with E-state index in [-0.39, 0.29) is 24.7 Å². The second kappa shape index (κ2) is 8.98.